The van der Waals surface area contributed by atoms with Crippen molar-refractivity contribution < 1.29 is 14.3 Å². The van der Waals surface area contributed by atoms with Crippen LogP contribution in [0.3, 0.4) is 0 Å². The lowest BCUT2D eigenvalue weighted by Gasteiger charge is -2.11. The molecule has 0 radical (unpaired) electrons. The quantitative estimate of drug-likeness (QED) is 0.578. The maximum Gasteiger partial charge on any atom is 0.257 e. The smallest absolute Gasteiger partial charge is 0.257 e. The predicted octanol–water partition coefficient (Wildman–Crippen LogP) is 5.51. The number of rotatable bonds is 5. The fraction of sp³-hybridized carbons (Fsp3) is 0.0476. The normalized spacial score (nSPS) is 10.2. The van der Waals surface area contributed by atoms with Crippen LogP contribution in [-0.4, -0.2) is 18.9 Å². The van der Waals surface area contributed by atoms with Gasteiger partial charge in [0.25, 0.3) is 11.8 Å². The Hall–Kier alpha value is -3.02. The van der Waals surface area contributed by atoms with Crippen molar-refractivity contribution in [3.05, 3.63) is 87.9 Å². The number of amides is 2. The molecule has 7 heteroatoms. The molecule has 2 N–H and O–H groups in total. The number of nitrogens with one attached hydrogen (secondary N) is 2. The maximum atomic E-state index is 12.4. The minimum atomic E-state index is -0.390. The van der Waals surface area contributed by atoms with E-state index < -0.39 is 5.91 Å². The summed E-state index contributed by atoms with van der Waals surface area (Å²) in [6.45, 7) is 0. The van der Waals surface area contributed by atoms with Gasteiger partial charge in [0, 0.05) is 16.3 Å². The van der Waals surface area contributed by atoms with Gasteiger partial charge in [-0.15, -0.1) is 0 Å². The van der Waals surface area contributed by atoms with Crippen LogP contribution >= 0.6 is 23.2 Å². The monoisotopic (exact) mass is 414 g/mol. The molecule has 0 saturated carbocycles. The Balaban J connectivity index is 1.70. The largest absolute Gasteiger partial charge is 0.495 e. The number of anilines is 2. The Morgan fingerprint density at radius 2 is 1.57 bits per heavy atom. The van der Waals surface area contributed by atoms with Gasteiger partial charge in [0.1, 0.15) is 5.75 Å². The molecule has 0 spiro atoms. The molecular weight excluding hydrogens is 399 g/mol. The highest BCUT2D eigenvalue weighted by molar-refractivity contribution is 6.36. The first-order valence-corrected chi connectivity index (χ1v) is 9.04. The lowest BCUT2D eigenvalue weighted by atomic mass is 10.1. The van der Waals surface area contributed by atoms with Crippen molar-refractivity contribution in [3.8, 4) is 5.75 Å². The molecule has 0 bridgehead atoms. The number of carbonyl (C=O) groups excluding carboxylic acids is 2. The van der Waals surface area contributed by atoms with Crippen LogP contribution in [0.2, 0.25) is 10.0 Å². The summed E-state index contributed by atoms with van der Waals surface area (Å²) in [6.07, 6.45) is 0. The van der Waals surface area contributed by atoms with Gasteiger partial charge >= 0.3 is 0 Å². The van der Waals surface area contributed by atoms with E-state index in [1.165, 1.54) is 13.2 Å². The van der Waals surface area contributed by atoms with Crippen molar-refractivity contribution in [1.82, 2.24) is 0 Å². The highest BCUT2D eigenvalue weighted by Gasteiger charge is 2.13. The summed E-state index contributed by atoms with van der Waals surface area (Å²) >= 11 is 12.0. The van der Waals surface area contributed by atoms with Gasteiger partial charge in [0.2, 0.25) is 0 Å². The van der Waals surface area contributed by atoms with E-state index >= 15 is 0 Å². The lowest BCUT2D eigenvalue weighted by molar-refractivity contribution is 0.101. The van der Waals surface area contributed by atoms with Crippen LogP contribution in [0.25, 0.3) is 0 Å². The predicted molar refractivity (Wildman–Crippen MR) is 112 cm³/mol. The maximum absolute atomic E-state index is 12.4. The average molecular weight is 415 g/mol. The van der Waals surface area contributed by atoms with Gasteiger partial charge in [0.15, 0.2) is 0 Å². The molecule has 0 aliphatic rings. The number of benzene rings is 3. The second kappa shape index (κ2) is 8.78. The van der Waals surface area contributed by atoms with Gasteiger partial charge in [0.05, 0.1) is 23.4 Å². The summed E-state index contributed by atoms with van der Waals surface area (Å²) in [7, 11) is 1.54. The number of hydrogen-bond donors (Lipinski definition) is 2. The van der Waals surface area contributed by atoms with E-state index in [0.29, 0.717) is 32.7 Å². The molecule has 142 valence electrons. The summed E-state index contributed by atoms with van der Waals surface area (Å²) in [5.74, 6) is -0.114. The van der Waals surface area contributed by atoms with E-state index in [1.807, 2.05) is 6.07 Å². The highest BCUT2D eigenvalue weighted by Crippen LogP contribution is 2.24. The number of carbonyl (C=O) groups is 2. The minimum Gasteiger partial charge on any atom is -0.495 e. The lowest BCUT2D eigenvalue weighted by Crippen LogP contribution is -2.14. The summed E-state index contributed by atoms with van der Waals surface area (Å²) in [6, 6.07) is 18.3. The van der Waals surface area contributed by atoms with Crippen LogP contribution in [0.15, 0.2) is 66.7 Å². The third kappa shape index (κ3) is 4.63. The Kier molecular flexibility index (Phi) is 6.19. The average Bonchev–Trinajstić information content (AvgIpc) is 2.70. The topological polar surface area (TPSA) is 67.4 Å². The molecule has 0 fully saturated rings. The van der Waals surface area contributed by atoms with Crippen LogP contribution in [-0.2, 0) is 0 Å². The molecule has 0 aliphatic heterocycles. The zero-order valence-electron chi connectivity index (χ0n) is 14.8. The summed E-state index contributed by atoms with van der Waals surface area (Å²) in [5, 5.41) is 6.24. The molecule has 28 heavy (non-hydrogen) atoms. The van der Waals surface area contributed by atoms with Gasteiger partial charge in [-0.1, -0.05) is 35.3 Å². The molecule has 0 aliphatic carbocycles. The molecule has 3 aromatic carbocycles. The highest BCUT2D eigenvalue weighted by atomic mass is 35.5. The Morgan fingerprint density at radius 1 is 0.857 bits per heavy atom. The first-order valence-electron chi connectivity index (χ1n) is 8.29. The molecule has 0 atom stereocenters. The molecule has 0 aromatic heterocycles. The third-order valence-corrected chi connectivity index (χ3v) is 4.50. The third-order valence-electron chi connectivity index (χ3n) is 3.93. The van der Waals surface area contributed by atoms with Crippen molar-refractivity contribution in [2.24, 2.45) is 0 Å². The minimum absolute atomic E-state index is 0.271. The second-order valence-corrected chi connectivity index (χ2v) is 6.65. The van der Waals surface area contributed by atoms with Crippen molar-refractivity contribution in [3.63, 3.8) is 0 Å². The van der Waals surface area contributed by atoms with Crippen LogP contribution in [0, 0.1) is 0 Å². The summed E-state index contributed by atoms with van der Waals surface area (Å²) < 4.78 is 5.22. The van der Waals surface area contributed by atoms with E-state index in [-0.39, 0.29) is 11.5 Å². The van der Waals surface area contributed by atoms with Gasteiger partial charge in [-0.2, -0.15) is 0 Å². The summed E-state index contributed by atoms with van der Waals surface area (Å²) in [5.41, 5.74) is 1.80. The fourth-order valence-electron chi connectivity index (χ4n) is 2.52. The zero-order valence-corrected chi connectivity index (χ0v) is 16.3. The van der Waals surface area contributed by atoms with Crippen LogP contribution in [0.1, 0.15) is 20.7 Å². The molecule has 3 rings (SSSR count). The molecule has 5 nitrogen and oxygen atoms in total. The zero-order chi connectivity index (χ0) is 20.1. The van der Waals surface area contributed by atoms with Crippen LogP contribution in [0.4, 0.5) is 11.4 Å². The number of methoxy groups -OCH3 is 1. The first-order chi connectivity index (χ1) is 13.5. The van der Waals surface area contributed by atoms with E-state index in [2.05, 4.69) is 10.6 Å². The van der Waals surface area contributed by atoms with E-state index in [1.54, 1.807) is 54.6 Å². The van der Waals surface area contributed by atoms with Gasteiger partial charge in [-0.25, -0.2) is 0 Å². The fourth-order valence-corrected chi connectivity index (χ4v) is 2.89. The van der Waals surface area contributed by atoms with Gasteiger partial charge < -0.3 is 15.4 Å². The summed E-state index contributed by atoms with van der Waals surface area (Å²) in [4.78, 5) is 24.8. The molecule has 0 heterocycles. The first kappa shape index (κ1) is 19.7. The Labute approximate surface area is 172 Å². The van der Waals surface area contributed by atoms with Crippen LogP contribution < -0.4 is 15.4 Å². The van der Waals surface area contributed by atoms with Crippen molar-refractivity contribution in [2.75, 3.05) is 17.7 Å². The van der Waals surface area contributed by atoms with Gasteiger partial charge in [-0.3, -0.25) is 9.59 Å². The Morgan fingerprint density at radius 3 is 2.29 bits per heavy atom. The standard InChI is InChI=1S/C21H16Cl2N2O3/c1-28-19-5-3-2-4-18(19)25-20(26)13-6-9-15(10-7-13)24-21(27)16-12-14(22)8-11-17(16)23/h2-12H,1H3,(H,24,27)(H,25,26). The van der Waals surface area contributed by atoms with Crippen LogP contribution in [0.5, 0.6) is 5.75 Å². The number of para-hydroxylation sites is 2. The van der Waals surface area contributed by atoms with Crippen molar-refractivity contribution in [1.29, 1.82) is 0 Å². The molecule has 0 saturated heterocycles. The van der Waals surface area contributed by atoms with E-state index in [0.717, 1.165) is 0 Å². The molecule has 0 unspecified atom stereocenters. The molecular formula is C21H16Cl2N2O3. The van der Waals surface area contributed by atoms with E-state index in [4.69, 9.17) is 27.9 Å². The second-order valence-electron chi connectivity index (χ2n) is 5.81. The van der Waals surface area contributed by atoms with E-state index in [9.17, 15) is 9.59 Å². The van der Waals surface area contributed by atoms with Gasteiger partial charge in [-0.05, 0) is 54.6 Å². The number of halogens is 2. The number of ether oxygens (including phenoxy) is 1. The SMILES string of the molecule is COc1ccccc1NC(=O)c1ccc(NC(=O)c2cc(Cl)ccc2Cl)cc1. The number of hydrogen-bond acceptors (Lipinski definition) is 3. The van der Waals surface area contributed by atoms with Crippen molar-refractivity contribution >= 4 is 46.4 Å². The molecule has 3 aromatic rings. The Bertz CT molecular complexity index is 1020. The van der Waals surface area contributed by atoms with Crippen molar-refractivity contribution in [2.45, 2.75) is 0 Å². The molecule has 2 amide bonds.